The molecule has 3 aliphatic rings. The maximum absolute atomic E-state index is 13.0. The molecule has 1 unspecified atom stereocenters. The molecule has 0 bridgehead atoms. The number of likely N-dealkylation sites (tertiary alicyclic amines) is 1. The summed E-state index contributed by atoms with van der Waals surface area (Å²) in [5.41, 5.74) is 1.15. The van der Waals surface area contributed by atoms with Crippen LogP contribution in [0.5, 0.6) is 0 Å². The Morgan fingerprint density at radius 2 is 1.88 bits per heavy atom. The molecule has 7 nitrogen and oxygen atoms in total. The van der Waals surface area contributed by atoms with E-state index in [9.17, 15) is 19.2 Å². The molecule has 0 radical (unpaired) electrons. The molecule has 2 aliphatic heterocycles. The van der Waals surface area contributed by atoms with Gasteiger partial charge in [-0.05, 0) is 49.8 Å². The number of imide groups is 1. The largest absolute Gasteiger partial charge is 0.336 e. The third-order valence-corrected chi connectivity index (χ3v) is 5.55. The van der Waals surface area contributed by atoms with Gasteiger partial charge in [0.25, 0.3) is 11.8 Å². The van der Waals surface area contributed by atoms with Crippen LogP contribution in [0, 0.1) is 0 Å². The van der Waals surface area contributed by atoms with Gasteiger partial charge in [0.2, 0.25) is 0 Å². The Hall–Kier alpha value is -2.70. The highest BCUT2D eigenvalue weighted by Crippen LogP contribution is 2.27. The summed E-state index contributed by atoms with van der Waals surface area (Å²) in [5, 5.41) is 4.95. The van der Waals surface area contributed by atoms with Gasteiger partial charge in [-0.15, -0.1) is 0 Å². The van der Waals surface area contributed by atoms with Crippen molar-refractivity contribution in [1.29, 1.82) is 0 Å². The highest BCUT2D eigenvalue weighted by atomic mass is 16.2. The second kappa shape index (κ2) is 6.23. The summed E-state index contributed by atoms with van der Waals surface area (Å²) in [5.74, 6) is -0.399. The van der Waals surface area contributed by atoms with E-state index in [1.165, 1.54) is 0 Å². The standard InChI is InChI=1S/C19H21N3O4/c23-15-5-2-1-4-12-10-13(6-7-14(12)15)16(24)22-9-3-8-19(11-22)17(25)20-18(26)21-19/h6-7,10H,1-5,8-9,11H2,(H2,20,21,25,26). The van der Waals surface area contributed by atoms with Crippen LogP contribution >= 0.6 is 0 Å². The fraction of sp³-hybridized carbons (Fsp3) is 0.474. The number of hydrogen-bond donors (Lipinski definition) is 2. The molecule has 2 heterocycles. The summed E-state index contributed by atoms with van der Waals surface area (Å²) < 4.78 is 0. The molecule has 1 aromatic rings. The lowest BCUT2D eigenvalue weighted by atomic mass is 9.88. The van der Waals surface area contributed by atoms with Crippen molar-refractivity contribution in [2.45, 2.75) is 44.1 Å². The molecule has 2 fully saturated rings. The monoisotopic (exact) mass is 355 g/mol. The van der Waals surface area contributed by atoms with Gasteiger partial charge >= 0.3 is 6.03 Å². The number of nitrogens with zero attached hydrogens (tertiary/aromatic N) is 1. The van der Waals surface area contributed by atoms with Crippen LogP contribution in [-0.2, 0) is 11.2 Å². The lowest BCUT2D eigenvalue weighted by Gasteiger charge is -2.38. The molecular weight excluding hydrogens is 334 g/mol. The van der Waals surface area contributed by atoms with Crippen LogP contribution < -0.4 is 10.6 Å². The van der Waals surface area contributed by atoms with Crippen LogP contribution in [0.2, 0.25) is 0 Å². The Morgan fingerprint density at radius 1 is 1.08 bits per heavy atom. The molecule has 26 heavy (non-hydrogen) atoms. The number of fused-ring (bicyclic) bond motifs is 1. The number of benzene rings is 1. The quantitative estimate of drug-likeness (QED) is 0.588. The number of hydrogen-bond acceptors (Lipinski definition) is 4. The van der Waals surface area contributed by atoms with E-state index >= 15 is 0 Å². The predicted molar refractivity (Wildman–Crippen MR) is 92.9 cm³/mol. The van der Waals surface area contributed by atoms with Gasteiger partial charge in [-0.3, -0.25) is 19.7 Å². The number of carbonyl (C=O) groups excluding carboxylic acids is 4. The van der Waals surface area contributed by atoms with E-state index < -0.39 is 11.6 Å². The van der Waals surface area contributed by atoms with Gasteiger partial charge in [-0.1, -0.05) is 6.07 Å². The molecule has 1 aromatic carbocycles. The van der Waals surface area contributed by atoms with Crippen LogP contribution in [0.25, 0.3) is 0 Å². The molecule has 0 saturated carbocycles. The predicted octanol–water partition coefficient (Wildman–Crippen LogP) is 1.41. The van der Waals surface area contributed by atoms with Gasteiger partial charge in [0.15, 0.2) is 5.78 Å². The van der Waals surface area contributed by atoms with Crippen molar-refractivity contribution < 1.29 is 19.2 Å². The molecule has 7 heteroatoms. The molecular formula is C19H21N3O4. The van der Waals surface area contributed by atoms with Crippen molar-refractivity contribution in [2.75, 3.05) is 13.1 Å². The van der Waals surface area contributed by atoms with E-state index in [1.807, 2.05) is 6.07 Å². The molecule has 4 rings (SSSR count). The molecule has 1 aliphatic carbocycles. The van der Waals surface area contributed by atoms with E-state index in [0.717, 1.165) is 30.4 Å². The number of urea groups is 1. The van der Waals surface area contributed by atoms with Crippen molar-refractivity contribution in [3.05, 3.63) is 34.9 Å². The zero-order valence-corrected chi connectivity index (χ0v) is 14.5. The van der Waals surface area contributed by atoms with Gasteiger partial charge in [0.1, 0.15) is 5.54 Å². The summed E-state index contributed by atoms with van der Waals surface area (Å²) in [6, 6.07) is 4.75. The third-order valence-electron chi connectivity index (χ3n) is 5.55. The van der Waals surface area contributed by atoms with Crippen molar-refractivity contribution in [3.63, 3.8) is 0 Å². The second-order valence-electron chi connectivity index (χ2n) is 7.32. The van der Waals surface area contributed by atoms with Crippen LogP contribution in [0.4, 0.5) is 4.79 Å². The highest BCUT2D eigenvalue weighted by molar-refractivity contribution is 6.08. The van der Waals surface area contributed by atoms with Gasteiger partial charge in [-0.25, -0.2) is 4.79 Å². The lowest BCUT2D eigenvalue weighted by Crippen LogP contribution is -2.59. The average Bonchev–Trinajstić information content (AvgIpc) is 2.79. The summed E-state index contributed by atoms with van der Waals surface area (Å²) in [6.07, 6.45) is 4.33. The van der Waals surface area contributed by atoms with Gasteiger partial charge in [0, 0.05) is 24.1 Å². The van der Waals surface area contributed by atoms with Gasteiger partial charge in [-0.2, -0.15) is 0 Å². The first-order chi connectivity index (χ1) is 12.5. The Labute approximate surface area is 151 Å². The summed E-state index contributed by atoms with van der Waals surface area (Å²) in [4.78, 5) is 50.4. The normalized spacial score (nSPS) is 25.5. The van der Waals surface area contributed by atoms with Crippen LogP contribution in [0.3, 0.4) is 0 Å². The van der Waals surface area contributed by atoms with Crippen LogP contribution in [0.1, 0.15) is 58.4 Å². The maximum atomic E-state index is 13.0. The first-order valence-electron chi connectivity index (χ1n) is 9.07. The van der Waals surface area contributed by atoms with Crippen molar-refractivity contribution >= 4 is 23.6 Å². The average molecular weight is 355 g/mol. The topological polar surface area (TPSA) is 95.6 Å². The van der Waals surface area contributed by atoms with Crippen LogP contribution in [-0.4, -0.2) is 47.2 Å². The Balaban J connectivity index is 1.58. The number of piperidine rings is 1. The maximum Gasteiger partial charge on any atom is 0.322 e. The number of nitrogens with one attached hydrogen (secondary N) is 2. The third kappa shape index (κ3) is 2.77. The lowest BCUT2D eigenvalue weighted by molar-refractivity contribution is -0.125. The number of aryl methyl sites for hydroxylation is 1. The van der Waals surface area contributed by atoms with Crippen molar-refractivity contribution in [3.8, 4) is 0 Å². The Morgan fingerprint density at radius 3 is 2.65 bits per heavy atom. The van der Waals surface area contributed by atoms with E-state index in [2.05, 4.69) is 10.6 Å². The van der Waals surface area contributed by atoms with Crippen molar-refractivity contribution in [2.24, 2.45) is 0 Å². The smallest absolute Gasteiger partial charge is 0.322 e. The molecule has 1 atom stereocenters. The number of Topliss-reactive ketones (excluding diaryl/α,β-unsaturated/α-hetero) is 1. The SMILES string of the molecule is O=C1NC(=O)C2(CCCN(C(=O)c3ccc4c(c3)CCCCC4=O)C2)N1. The molecule has 0 aromatic heterocycles. The van der Waals surface area contributed by atoms with E-state index in [-0.39, 0.29) is 24.1 Å². The first-order valence-corrected chi connectivity index (χ1v) is 9.07. The highest BCUT2D eigenvalue weighted by Gasteiger charge is 2.49. The minimum absolute atomic E-state index is 0.138. The van der Waals surface area contributed by atoms with Crippen LogP contribution in [0.15, 0.2) is 18.2 Å². The minimum atomic E-state index is -1.02. The summed E-state index contributed by atoms with van der Waals surface area (Å²) in [6.45, 7) is 0.708. The fourth-order valence-electron chi connectivity index (χ4n) is 4.17. The molecule has 2 N–H and O–H groups in total. The second-order valence-corrected chi connectivity index (χ2v) is 7.32. The van der Waals surface area contributed by atoms with E-state index in [4.69, 9.17) is 0 Å². The fourth-order valence-corrected chi connectivity index (χ4v) is 4.17. The number of carbonyl (C=O) groups is 4. The van der Waals surface area contributed by atoms with Gasteiger partial charge in [0.05, 0.1) is 6.54 Å². The Bertz CT molecular complexity index is 819. The summed E-state index contributed by atoms with van der Waals surface area (Å²) >= 11 is 0. The number of rotatable bonds is 1. The zero-order valence-electron chi connectivity index (χ0n) is 14.5. The zero-order chi connectivity index (χ0) is 18.3. The summed E-state index contributed by atoms with van der Waals surface area (Å²) in [7, 11) is 0. The molecule has 1 spiro atoms. The number of amides is 4. The van der Waals surface area contributed by atoms with Gasteiger partial charge < -0.3 is 10.2 Å². The Kier molecular flexibility index (Phi) is 4.01. The number of ketones is 1. The van der Waals surface area contributed by atoms with E-state index in [1.54, 1.807) is 17.0 Å². The molecule has 136 valence electrons. The first kappa shape index (κ1) is 16.8. The molecule has 4 amide bonds. The molecule has 2 saturated heterocycles. The minimum Gasteiger partial charge on any atom is -0.336 e. The van der Waals surface area contributed by atoms with E-state index in [0.29, 0.717) is 31.4 Å². The van der Waals surface area contributed by atoms with Crippen molar-refractivity contribution in [1.82, 2.24) is 15.5 Å².